The third-order valence-corrected chi connectivity index (χ3v) is 3.77. The van der Waals surface area contributed by atoms with Gasteiger partial charge in [0.1, 0.15) is 0 Å². The third-order valence-electron chi connectivity index (χ3n) is 3.77. The lowest BCUT2D eigenvalue weighted by atomic mass is 10.1. The second-order valence-electron chi connectivity index (χ2n) is 6.14. The Morgan fingerprint density at radius 2 is 2.20 bits per heavy atom. The quantitative estimate of drug-likeness (QED) is 0.914. The van der Waals surface area contributed by atoms with Gasteiger partial charge in [-0.15, -0.1) is 0 Å². The predicted octanol–water partition coefficient (Wildman–Crippen LogP) is 3.11. The molecule has 1 aliphatic rings. The van der Waals surface area contributed by atoms with Crippen molar-refractivity contribution in [2.24, 2.45) is 0 Å². The van der Waals surface area contributed by atoms with Crippen LogP contribution in [0.2, 0.25) is 0 Å². The number of nitrogens with one attached hydrogen (secondary N) is 1. The summed E-state index contributed by atoms with van der Waals surface area (Å²) < 4.78 is 5.73. The summed E-state index contributed by atoms with van der Waals surface area (Å²) in [5.41, 5.74) is 4.08. The number of rotatable bonds is 4. The molecule has 1 heterocycles. The van der Waals surface area contributed by atoms with Gasteiger partial charge in [0.05, 0.1) is 6.10 Å². The molecule has 0 amide bonds. The fourth-order valence-electron chi connectivity index (χ4n) is 2.72. The molecule has 0 saturated carbocycles. The van der Waals surface area contributed by atoms with E-state index >= 15 is 0 Å². The number of benzene rings is 1. The van der Waals surface area contributed by atoms with Crippen LogP contribution >= 0.6 is 0 Å². The van der Waals surface area contributed by atoms with E-state index in [4.69, 9.17) is 4.74 Å². The van der Waals surface area contributed by atoms with Crippen LogP contribution in [0.1, 0.15) is 38.3 Å². The van der Waals surface area contributed by atoms with Crippen LogP contribution in [0.4, 0.5) is 5.69 Å². The van der Waals surface area contributed by atoms with Crippen LogP contribution < -0.4 is 10.2 Å². The maximum Gasteiger partial charge on any atom is 0.0721 e. The van der Waals surface area contributed by atoms with Crippen molar-refractivity contribution in [1.82, 2.24) is 5.32 Å². The molecule has 0 radical (unpaired) electrons. The van der Waals surface area contributed by atoms with Crippen molar-refractivity contribution in [3.05, 3.63) is 29.3 Å². The first-order valence-corrected chi connectivity index (χ1v) is 7.75. The summed E-state index contributed by atoms with van der Waals surface area (Å²) in [5.74, 6) is 0. The van der Waals surface area contributed by atoms with Crippen LogP contribution in [0.3, 0.4) is 0 Å². The Kier molecular flexibility index (Phi) is 5.44. The maximum absolute atomic E-state index is 5.73. The molecule has 1 atom stereocenters. The Bertz CT molecular complexity index is 431. The van der Waals surface area contributed by atoms with Crippen LogP contribution in [0.15, 0.2) is 18.2 Å². The number of hydrogen-bond acceptors (Lipinski definition) is 3. The Hall–Kier alpha value is -1.06. The smallest absolute Gasteiger partial charge is 0.0721 e. The molecule has 3 nitrogen and oxygen atoms in total. The van der Waals surface area contributed by atoms with Gasteiger partial charge < -0.3 is 15.0 Å². The van der Waals surface area contributed by atoms with Crippen LogP contribution in [-0.2, 0) is 11.3 Å². The molecule has 1 unspecified atom stereocenters. The minimum atomic E-state index is 0.319. The van der Waals surface area contributed by atoms with Crippen LogP contribution in [0.25, 0.3) is 0 Å². The topological polar surface area (TPSA) is 24.5 Å². The second-order valence-corrected chi connectivity index (χ2v) is 6.14. The van der Waals surface area contributed by atoms with Gasteiger partial charge in [0.25, 0.3) is 0 Å². The van der Waals surface area contributed by atoms with Crippen molar-refractivity contribution in [2.75, 3.05) is 24.6 Å². The van der Waals surface area contributed by atoms with Crippen molar-refractivity contribution in [3.63, 3.8) is 0 Å². The van der Waals surface area contributed by atoms with E-state index in [-0.39, 0.29) is 0 Å². The summed E-state index contributed by atoms with van der Waals surface area (Å²) in [6.45, 7) is 12.6. The molecule has 2 rings (SSSR count). The molecule has 3 heteroatoms. The average Bonchev–Trinajstić information content (AvgIpc) is 2.61. The van der Waals surface area contributed by atoms with Gasteiger partial charge in [0.15, 0.2) is 0 Å². The van der Waals surface area contributed by atoms with E-state index in [1.165, 1.54) is 16.8 Å². The molecule has 0 bridgehead atoms. The number of ether oxygens (including phenoxy) is 1. The molecule has 1 aromatic rings. The standard InChI is InChI=1S/C17H28N2O/c1-13(2)18-11-16-6-7-17(14(3)10-16)19-8-5-9-20-15(4)12-19/h6-7,10,13,15,18H,5,8-9,11-12H2,1-4H3. The highest BCUT2D eigenvalue weighted by molar-refractivity contribution is 5.54. The zero-order valence-electron chi connectivity index (χ0n) is 13.3. The second kappa shape index (κ2) is 7.09. The van der Waals surface area contributed by atoms with Gasteiger partial charge in [-0.25, -0.2) is 0 Å². The van der Waals surface area contributed by atoms with Gasteiger partial charge in [-0.3, -0.25) is 0 Å². The van der Waals surface area contributed by atoms with E-state index in [0.717, 1.165) is 32.7 Å². The van der Waals surface area contributed by atoms with Crippen molar-refractivity contribution in [1.29, 1.82) is 0 Å². The van der Waals surface area contributed by atoms with Gasteiger partial charge in [0, 0.05) is 38.0 Å². The van der Waals surface area contributed by atoms with E-state index in [9.17, 15) is 0 Å². The Morgan fingerprint density at radius 3 is 2.90 bits per heavy atom. The Balaban J connectivity index is 2.08. The summed E-state index contributed by atoms with van der Waals surface area (Å²) in [6, 6.07) is 7.35. The van der Waals surface area contributed by atoms with Gasteiger partial charge in [-0.05, 0) is 37.5 Å². The fourth-order valence-corrected chi connectivity index (χ4v) is 2.72. The van der Waals surface area contributed by atoms with Crippen molar-refractivity contribution in [3.8, 4) is 0 Å². The van der Waals surface area contributed by atoms with Gasteiger partial charge in [0.2, 0.25) is 0 Å². The number of nitrogens with zero attached hydrogens (tertiary/aromatic N) is 1. The average molecular weight is 276 g/mol. The van der Waals surface area contributed by atoms with E-state index in [0.29, 0.717) is 12.1 Å². The predicted molar refractivity (Wildman–Crippen MR) is 85.4 cm³/mol. The van der Waals surface area contributed by atoms with Crippen molar-refractivity contribution in [2.45, 2.75) is 52.8 Å². The summed E-state index contributed by atoms with van der Waals surface area (Å²) in [5, 5.41) is 3.47. The van der Waals surface area contributed by atoms with Crippen molar-refractivity contribution < 1.29 is 4.74 Å². The normalized spacial score (nSPS) is 20.2. The van der Waals surface area contributed by atoms with E-state index < -0.39 is 0 Å². The lowest BCUT2D eigenvalue weighted by Crippen LogP contribution is -2.30. The molecule has 112 valence electrons. The van der Waals surface area contributed by atoms with Crippen LogP contribution in [0, 0.1) is 6.92 Å². The molecule has 1 saturated heterocycles. The first-order valence-electron chi connectivity index (χ1n) is 7.75. The maximum atomic E-state index is 5.73. The molecule has 1 N–H and O–H groups in total. The highest BCUT2D eigenvalue weighted by Gasteiger charge is 2.16. The summed E-state index contributed by atoms with van der Waals surface area (Å²) in [4.78, 5) is 2.46. The Labute approximate surface area is 123 Å². The van der Waals surface area contributed by atoms with E-state index in [1.807, 2.05) is 0 Å². The van der Waals surface area contributed by atoms with Crippen LogP contribution in [0.5, 0.6) is 0 Å². The SMILES string of the molecule is Cc1cc(CNC(C)C)ccc1N1CCCOC(C)C1. The molecule has 0 aromatic heterocycles. The third kappa shape index (κ3) is 4.22. The zero-order chi connectivity index (χ0) is 14.5. The molecule has 1 fully saturated rings. The Morgan fingerprint density at radius 1 is 1.40 bits per heavy atom. The minimum absolute atomic E-state index is 0.319. The zero-order valence-corrected chi connectivity index (χ0v) is 13.3. The number of hydrogen-bond donors (Lipinski definition) is 1. The highest BCUT2D eigenvalue weighted by Crippen LogP contribution is 2.23. The number of aryl methyl sites for hydroxylation is 1. The molecule has 1 aliphatic heterocycles. The molecule has 20 heavy (non-hydrogen) atoms. The monoisotopic (exact) mass is 276 g/mol. The van der Waals surface area contributed by atoms with E-state index in [2.05, 4.69) is 56.1 Å². The summed E-state index contributed by atoms with van der Waals surface area (Å²) in [7, 11) is 0. The highest BCUT2D eigenvalue weighted by atomic mass is 16.5. The largest absolute Gasteiger partial charge is 0.377 e. The molecular weight excluding hydrogens is 248 g/mol. The summed E-state index contributed by atoms with van der Waals surface area (Å²) >= 11 is 0. The fraction of sp³-hybridized carbons (Fsp3) is 0.647. The van der Waals surface area contributed by atoms with Gasteiger partial charge in [-0.1, -0.05) is 26.0 Å². The van der Waals surface area contributed by atoms with Crippen molar-refractivity contribution >= 4 is 5.69 Å². The lowest BCUT2D eigenvalue weighted by Gasteiger charge is -2.26. The molecule has 0 spiro atoms. The van der Waals surface area contributed by atoms with Gasteiger partial charge in [-0.2, -0.15) is 0 Å². The lowest BCUT2D eigenvalue weighted by molar-refractivity contribution is 0.0821. The summed E-state index contributed by atoms with van der Waals surface area (Å²) in [6.07, 6.45) is 1.43. The van der Waals surface area contributed by atoms with Crippen LogP contribution in [-0.4, -0.2) is 31.8 Å². The van der Waals surface area contributed by atoms with E-state index in [1.54, 1.807) is 0 Å². The first kappa shape index (κ1) is 15.3. The molecule has 0 aliphatic carbocycles. The van der Waals surface area contributed by atoms with Gasteiger partial charge >= 0.3 is 0 Å². The number of anilines is 1. The molecule has 1 aromatic carbocycles. The molecular formula is C17H28N2O. The first-order chi connectivity index (χ1) is 9.56. The minimum Gasteiger partial charge on any atom is -0.377 e.